The highest BCUT2D eigenvalue weighted by atomic mass is 19.1. The van der Waals surface area contributed by atoms with E-state index in [9.17, 15) is 9.18 Å². The minimum atomic E-state index is -0.819. The number of benzene rings is 1. The van der Waals surface area contributed by atoms with Gasteiger partial charge in [0.05, 0.1) is 5.69 Å². The Labute approximate surface area is 105 Å². The Bertz CT molecular complexity index is 674. The van der Waals surface area contributed by atoms with Gasteiger partial charge in [-0.25, -0.2) is 4.98 Å². The average Bonchev–Trinajstić information content (AvgIpc) is 2.30. The lowest BCUT2D eigenvalue weighted by Crippen LogP contribution is -2.15. The first kappa shape index (κ1) is 12.5. The molecule has 0 unspecified atom stereocenters. The molecule has 1 aromatic heterocycles. The summed E-state index contributed by atoms with van der Waals surface area (Å²) in [4.78, 5) is 18.0. The second kappa shape index (κ2) is 4.37. The number of hydrogen-bond donors (Lipinski definition) is 1. The molecule has 0 saturated heterocycles. The van der Waals surface area contributed by atoms with E-state index >= 15 is 0 Å². The summed E-state index contributed by atoms with van der Waals surface area (Å²) < 4.78 is 13.3. The molecule has 94 valence electrons. The maximum absolute atomic E-state index is 13.3. The molecule has 18 heavy (non-hydrogen) atoms. The van der Waals surface area contributed by atoms with E-state index in [1.807, 2.05) is 32.9 Å². The van der Waals surface area contributed by atoms with Crippen molar-refractivity contribution in [3.8, 4) is 11.4 Å². The van der Waals surface area contributed by atoms with Crippen molar-refractivity contribution < 1.29 is 4.39 Å². The Morgan fingerprint density at radius 1 is 1.06 bits per heavy atom. The third-order valence-electron chi connectivity index (χ3n) is 3.12. The number of H-pyrrole nitrogens is 1. The monoisotopic (exact) mass is 246 g/mol. The summed E-state index contributed by atoms with van der Waals surface area (Å²) in [5.74, 6) is -0.403. The van der Waals surface area contributed by atoms with E-state index < -0.39 is 11.4 Å². The summed E-state index contributed by atoms with van der Waals surface area (Å²) in [6.07, 6.45) is 0. The summed E-state index contributed by atoms with van der Waals surface area (Å²) in [6.45, 7) is 7.45. The van der Waals surface area contributed by atoms with Gasteiger partial charge < -0.3 is 4.98 Å². The predicted octanol–water partition coefficient (Wildman–Crippen LogP) is 2.81. The predicted molar refractivity (Wildman–Crippen MR) is 69.2 cm³/mol. The maximum Gasteiger partial charge on any atom is 0.287 e. The topological polar surface area (TPSA) is 45.8 Å². The van der Waals surface area contributed by atoms with Crippen LogP contribution in [-0.2, 0) is 0 Å². The van der Waals surface area contributed by atoms with Crippen molar-refractivity contribution in [1.29, 1.82) is 0 Å². The molecule has 3 nitrogen and oxygen atoms in total. The standard InChI is InChI=1S/C14H15FN2O/c1-7-5-9(3)11(6-8(7)2)13-16-10(4)12(15)14(18)17-13/h5-6H,1-4H3,(H,16,17,18). The van der Waals surface area contributed by atoms with Crippen LogP contribution in [0.25, 0.3) is 11.4 Å². The molecule has 0 aliphatic rings. The van der Waals surface area contributed by atoms with Crippen LogP contribution in [0.15, 0.2) is 16.9 Å². The van der Waals surface area contributed by atoms with E-state index in [-0.39, 0.29) is 5.69 Å². The van der Waals surface area contributed by atoms with E-state index in [2.05, 4.69) is 9.97 Å². The lowest BCUT2D eigenvalue weighted by Gasteiger charge is -2.09. The van der Waals surface area contributed by atoms with Gasteiger partial charge in [0.25, 0.3) is 5.56 Å². The smallest absolute Gasteiger partial charge is 0.287 e. The highest BCUT2D eigenvalue weighted by molar-refractivity contribution is 5.62. The summed E-state index contributed by atoms with van der Waals surface area (Å²) in [5.41, 5.74) is 3.52. The van der Waals surface area contributed by atoms with Crippen LogP contribution in [0.5, 0.6) is 0 Å². The molecular weight excluding hydrogens is 231 g/mol. The van der Waals surface area contributed by atoms with Gasteiger partial charge in [0, 0.05) is 5.56 Å². The molecule has 0 aliphatic carbocycles. The third-order valence-corrected chi connectivity index (χ3v) is 3.12. The molecular formula is C14H15FN2O. The fourth-order valence-electron chi connectivity index (χ4n) is 1.91. The summed E-state index contributed by atoms with van der Waals surface area (Å²) >= 11 is 0. The first-order chi connectivity index (χ1) is 8.40. The van der Waals surface area contributed by atoms with E-state index in [4.69, 9.17) is 0 Å². The highest BCUT2D eigenvalue weighted by Crippen LogP contribution is 2.23. The van der Waals surface area contributed by atoms with Crippen molar-refractivity contribution in [2.24, 2.45) is 0 Å². The second-order valence-electron chi connectivity index (χ2n) is 4.57. The fraction of sp³-hybridized carbons (Fsp3) is 0.286. The molecule has 1 heterocycles. The van der Waals surface area contributed by atoms with Gasteiger partial charge in [-0.1, -0.05) is 6.07 Å². The van der Waals surface area contributed by atoms with Crippen LogP contribution in [0.4, 0.5) is 4.39 Å². The first-order valence-electron chi connectivity index (χ1n) is 5.75. The summed E-state index contributed by atoms with van der Waals surface area (Å²) in [5, 5.41) is 0. The van der Waals surface area contributed by atoms with Gasteiger partial charge in [-0.05, 0) is 50.5 Å². The van der Waals surface area contributed by atoms with Crippen molar-refractivity contribution in [3.05, 3.63) is 50.7 Å². The molecule has 0 radical (unpaired) electrons. The number of aromatic amines is 1. The Morgan fingerprint density at radius 3 is 2.28 bits per heavy atom. The summed E-state index contributed by atoms with van der Waals surface area (Å²) in [6, 6.07) is 3.99. The third kappa shape index (κ3) is 2.06. The van der Waals surface area contributed by atoms with E-state index in [1.165, 1.54) is 12.5 Å². The fourth-order valence-corrected chi connectivity index (χ4v) is 1.91. The van der Waals surface area contributed by atoms with Crippen molar-refractivity contribution in [1.82, 2.24) is 9.97 Å². The van der Waals surface area contributed by atoms with Crippen LogP contribution in [0.2, 0.25) is 0 Å². The van der Waals surface area contributed by atoms with Crippen LogP contribution < -0.4 is 5.56 Å². The molecule has 0 atom stereocenters. The van der Waals surface area contributed by atoms with Gasteiger partial charge in [-0.15, -0.1) is 0 Å². The molecule has 0 aliphatic heterocycles. The zero-order valence-electron chi connectivity index (χ0n) is 10.9. The Hall–Kier alpha value is -1.97. The van der Waals surface area contributed by atoms with Gasteiger partial charge in [-0.3, -0.25) is 4.79 Å². The number of nitrogens with zero attached hydrogens (tertiary/aromatic N) is 1. The van der Waals surface area contributed by atoms with Gasteiger partial charge in [0.15, 0.2) is 0 Å². The zero-order valence-corrected chi connectivity index (χ0v) is 10.9. The molecule has 1 aromatic carbocycles. The van der Waals surface area contributed by atoms with Crippen molar-refractivity contribution in [3.63, 3.8) is 0 Å². The SMILES string of the molecule is Cc1cc(C)c(-c2nc(C)c(F)c(=O)[nH]2)cc1C. The molecule has 0 bridgehead atoms. The number of nitrogens with one attached hydrogen (secondary N) is 1. The molecule has 2 aromatic rings. The maximum atomic E-state index is 13.3. The van der Waals surface area contributed by atoms with Crippen molar-refractivity contribution >= 4 is 0 Å². The van der Waals surface area contributed by atoms with Crippen molar-refractivity contribution in [2.75, 3.05) is 0 Å². The van der Waals surface area contributed by atoms with Crippen LogP contribution >= 0.6 is 0 Å². The van der Waals surface area contributed by atoms with Crippen molar-refractivity contribution in [2.45, 2.75) is 27.7 Å². The van der Waals surface area contributed by atoms with Gasteiger partial charge in [0.1, 0.15) is 5.82 Å². The van der Waals surface area contributed by atoms with E-state index in [1.54, 1.807) is 0 Å². The molecule has 0 fully saturated rings. The Kier molecular flexibility index (Phi) is 3.03. The number of halogens is 1. The molecule has 0 saturated carbocycles. The molecule has 0 amide bonds. The lowest BCUT2D eigenvalue weighted by atomic mass is 10.0. The van der Waals surface area contributed by atoms with Crippen LogP contribution in [0, 0.1) is 33.5 Å². The minimum absolute atomic E-state index is 0.117. The normalized spacial score (nSPS) is 10.7. The van der Waals surface area contributed by atoms with E-state index in [0.717, 1.165) is 16.7 Å². The largest absolute Gasteiger partial charge is 0.304 e. The zero-order chi connectivity index (χ0) is 13.4. The van der Waals surface area contributed by atoms with Gasteiger partial charge in [0.2, 0.25) is 5.82 Å². The Morgan fingerprint density at radius 2 is 1.67 bits per heavy atom. The number of aryl methyl sites for hydroxylation is 4. The number of rotatable bonds is 1. The quantitative estimate of drug-likeness (QED) is 0.841. The van der Waals surface area contributed by atoms with Gasteiger partial charge in [-0.2, -0.15) is 4.39 Å². The lowest BCUT2D eigenvalue weighted by molar-refractivity contribution is 0.589. The second-order valence-corrected chi connectivity index (χ2v) is 4.57. The van der Waals surface area contributed by atoms with E-state index in [0.29, 0.717) is 5.82 Å². The minimum Gasteiger partial charge on any atom is -0.304 e. The molecule has 1 N–H and O–H groups in total. The molecule has 4 heteroatoms. The number of aromatic nitrogens is 2. The van der Waals surface area contributed by atoms with Crippen LogP contribution in [-0.4, -0.2) is 9.97 Å². The summed E-state index contributed by atoms with van der Waals surface area (Å²) in [7, 11) is 0. The molecule has 0 spiro atoms. The van der Waals surface area contributed by atoms with Gasteiger partial charge >= 0.3 is 0 Å². The molecule has 2 rings (SSSR count). The first-order valence-corrected chi connectivity index (χ1v) is 5.75. The Balaban J connectivity index is 2.70. The van der Waals surface area contributed by atoms with Crippen LogP contribution in [0.1, 0.15) is 22.4 Å². The number of hydrogen-bond acceptors (Lipinski definition) is 2. The highest BCUT2D eigenvalue weighted by Gasteiger charge is 2.11. The average molecular weight is 246 g/mol. The van der Waals surface area contributed by atoms with Crippen LogP contribution in [0.3, 0.4) is 0 Å².